The van der Waals surface area contributed by atoms with Gasteiger partial charge in [0.15, 0.2) is 6.61 Å². The number of hydrogen-bond donors (Lipinski definition) is 1. The van der Waals surface area contributed by atoms with Crippen LogP contribution in [-0.4, -0.2) is 67.0 Å². The molecule has 0 bridgehead atoms. The first-order valence-electron chi connectivity index (χ1n) is 10.8. The Labute approximate surface area is 178 Å². The second kappa shape index (κ2) is 10.8. The van der Waals surface area contributed by atoms with Crippen molar-refractivity contribution in [2.45, 2.75) is 45.1 Å². The molecule has 1 aliphatic heterocycles. The first-order valence-corrected chi connectivity index (χ1v) is 11.1. The standard InChI is InChI=1S/C22H32ClN3O3/c1-2-11-24-22(28)21(17-5-3-4-6-17)26-14-12-25(13-15-26)20(27)16-29-19-9-7-18(23)8-10-19/h7-10,17,21H,2-6,11-16H2,1H3,(H,24,28). The lowest BCUT2D eigenvalue weighted by Crippen LogP contribution is -2.58. The minimum atomic E-state index is -0.0633. The molecule has 29 heavy (non-hydrogen) atoms. The minimum Gasteiger partial charge on any atom is -0.484 e. The van der Waals surface area contributed by atoms with Gasteiger partial charge in [-0.15, -0.1) is 0 Å². The van der Waals surface area contributed by atoms with E-state index in [4.69, 9.17) is 16.3 Å². The maximum atomic E-state index is 12.8. The number of piperazine rings is 1. The van der Waals surface area contributed by atoms with Crippen LogP contribution >= 0.6 is 11.6 Å². The van der Waals surface area contributed by atoms with Gasteiger partial charge in [-0.2, -0.15) is 0 Å². The monoisotopic (exact) mass is 421 g/mol. The summed E-state index contributed by atoms with van der Waals surface area (Å²) in [6, 6.07) is 6.94. The lowest BCUT2D eigenvalue weighted by molar-refractivity contribution is -0.137. The first kappa shape index (κ1) is 21.9. The molecule has 2 aliphatic rings. The predicted octanol–water partition coefficient (Wildman–Crippen LogP) is 2.95. The van der Waals surface area contributed by atoms with Crippen molar-refractivity contribution < 1.29 is 14.3 Å². The number of nitrogens with zero attached hydrogens (tertiary/aromatic N) is 2. The maximum Gasteiger partial charge on any atom is 0.260 e. The van der Waals surface area contributed by atoms with Crippen LogP contribution in [0.25, 0.3) is 0 Å². The number of halogens is 1. The molecule has 1 heterocycles. The van der Waals surface area contributed by atoms with E-state index in [9.17, 15) is 9.59 Å². The van der Waals surface area contributed by atoms with E-state index in [1.165, 1.54) is 12.8 Å². The summed E-state index contributed by atoms with van der Waals surface area (Å²) in [5.41, 5.74) is 0. The molecular weight excluding hydrogens is 390 g/mol. The highest BCUT2D eigenvalue weighted by Crippen LogP contribution is 2.31. The minimum absolute atomic E-state index is 0.0185. The molecule has 1 saturated carbocycles. The molecule has 0 spiro atoms. The smallest absolute Gasteiger partial charge is 0.260 e. The van der Waals surface area contributed by atoms with Crippen LogP contribution in [0.15, 0.2) is 24.3 Å². The fourth-order valence-electron chi connectivity index (χ4n) is 4.32. The Kier molecular flexibility index (Phi) is 8.19. The van der Waals surface area contributed by atoms with E-state index in [-0.39, 0.29) is 24.5 Å². The number of hydrogen-bond acceptors (Lipinski definition) is 4. The number of rotatable bonds is 8. The largest absolute Gasteiger partial charge is 0.484 e. The summed E-state index contributed by atoms with van der Waals surface area (Å²) in [4.78, 5) is 29.5. The molecule has 1 aromatic carbocycles. The zero-order valence-corrected chi connectivity index (χ0v) is 18.0. The van der Waals surface area contributed by atoms with Gasteiger partial charge >= 0.3 is 0 Å². The summed E-state index contributed by atoms with van der Waals surface area (Å²) in [7, 11) is 0. The SMILES string of the molecule is CCCNC(=O)C(C1CCCC1)N1CCN(C(=O)COc2ccc(Cl)cc2)CC1. The fraction of sp³-hybridized carbons (Fsp3) is 0.636. The van der Waals surface area contributed by atoms with Gasteiger partial charge in [-0.25, -0.2) is 0 Å². The third-order valence-corrected chi connectivity index (χ3v) is 6.15. The number of amides is 2. The highest BCUT2D eigenvalue weighted by atomic mass is 35.5. The van der Waals surface area contributed by atoms with Gasteiger partial charge in [0.2, 0.25) is 5.91 Å². The zero-order chi connectivity index (χ0) is 20.6. The molecule has 2 amide bonds. The molecule has 2 fully saturated rings. The zero-order valence-electron chi connectivity index (χ0n) is 17.2. The Morgan fingerprint density at radius 1 is 1.14 bits per heavy atom. The van der Waals surface area contributed by atoms with Gasteiger partial charge in [-0.1, -0.05) is 31.4 Å². The van der Waals surface area contributed by atoms with E-state index >= 15 is 0 Å². The Bertz CT molecular complexity index is 668. The molecule has 1 aromatic rings. The normalized spacial score (nSPS) is 19.2. The van der Waals surface area contributed by atoms with Gasteiger partial charge in [0, 0.05) is 37.7 Å². The van der Waals surface area contributed by atoms with Gasteiger partial charge in [-0.3, -0.25) is 14.5 Å². The molecule has 6 nitrogen and oxygen atoms in total. The summed E-state index contributed by atoms with van der Waals surface area (Å²) < 4.78 is 5.59. The molecule has 7 heteroatoms. The Balaban J connectivity index is 1.50. The quantitative estimate of drug-likeness (QED) is 0.701. The molecular formula is C22H32ClN3O3. The second-order valence-electron chi connectivity index (χ2n) is 7.94. The lowest BCUT2D eigenvalue weighted by Gasteiger charge is -2.40. The third-order valence-electron chi connectivity index (χ3n) is 5.90. The molecule has 3 rings (SSSR count). The van der Waals surface area contributed by atoms with Crippen molar-refractivity contribution in [3.63, 3.8) is 0 Å². The van der Waals surface area contributed by atoms with Crippen LogP contribution in [0.2, 0.25) is 5.02 Å². The van der Waals surface area contributed by atoms with E-state index in [1.54, 1.807) is 24.3 Å². The van der Waals surface area contributed by atoms with E-state index in [0.717, 1.165) is 38.9 Å². The molecule has 1 aliphatic carbocycles. The third kappa shape index (κ3) is 6.09. The van der Waals surface area contributed by atoms with Crippen molar-refractivity contribution >= 4 is 23.4 Å². The number of benzene rings is 1. The van der Waals surface area contributed by atoms with Gasteiger partial charge in [0.25, 0.3) is 5.91 Å². The first-order chi connectivity index (χ1) is 14.1. The molecule has 0 radical (unpaired) electrons. The number of nitrogens with one attached hydrogen (secondary N) is 1. The van der Waals surface area contributed by atoms with E-state index < -0.39 is 0 Å². The average Bonchev–Trinajstić information content (AvgIpc) is 3.26. The molecule has 1 atom stereocenters. The summed E-state index contributed by atoms with van der Waals surface area (Å²) in [6.45, 7) is 5.54. The van der Waals surface area contributed by atoms with Crippen molar-refractivity contribution in [3.8, 4) is 5.75 Å². The van der Waals surface area contributed by atoms with Crippen LogP contribution in [0.3, 0.4) is 0 Å². The van der Waals surface area contributed by atoms with E-state index in [1.807, 2.05) is 4.90 Å². The fourth-order valence-corrected chi connectivity index (χ4v) is 4.45. The van der Waals surface area contributed by atoms with Gasteiger partial charge in [0.1, 0.15) is 5.75 Å². The van der Waals surface area contributed by atoms with Crippen LogP contribution < -0.4 is 10.1 Å². The lowest BCUT2D eigenvalue weighted by atomic mass is 9.95. The Hall–Kier alpha value is -1.79. The van der Waals surface area contributed by atoms with E-state index in [2.05, 4.69) is 17.1 Å². The molecule has 1 N–H and O–H groups in total. The summed E-state index contributed by atoms with van der Waals surface area (Å²) in [5.74, 6) is 1.20. The Morgan fingerprint density at radius 2 is 1.79 bits per heavy atom. The highest BCUT2D eigenvalue weighted by Gasteiger charge is 2.37. The highest BCUT2D eigenvalue weighted by molar-refractivity contribution is 6.30. The average molecular weight is 422 g/mol. The number of carbonyl (C=O) groups excluding carboxylic acids is 2. The topological polar surface area (TPSA) is 61.9 Å². The second-order valence-corrected chi connectivity index (χ2v) is 8.38. The van der Waals surface area contributed by atoms with Crippen LogP contribution in [0.5, 0.6) is 5.75 Å². The van der Waals surface area contributed by atoms with Crippen LogP contribution in [0.4, 0.5) is 0 Å². The maximum absolute atomic E-state index is 12.8. The predicted molar refractivity (Wildman–Crippen MR) is 114 cm³/mol. The Morgan fingerprint density at radius 3 is 2.41 bits per heavy atom. The van der Waals surface area contributed by atoms with Gasteiger partial charge in [-0.05, 0) is 49.4 Å². The molecule has 1 saturated heterocycles. The van der Waals surface area contributed by atoms with Crippen LogP contribution in [-0.2, 0) is 9.59 Å². The van der Waals surface area contributed by atoms with Crippen molar-refractivity contribution in [2.75, 3.05) is 39.3 Å². The number of carbonyl (C=O) groups is 2. The van der Waals surface area contributed by atoms with Crippen molar-refractivity contribution in [2.24, 2.45) is 5.92 Å². The van der Waals surface area contributed by atoms with Gasteiger partial charge < -0.3 is 15.0 Å². The van der Waals surface area contributed by atoms with Crippen LogP contribution in [0, 0.1) is 5.92 Å². The van der Waals surface area contributed by atoms with Crippen molar-refractivity contribution in [3.05, 3.63) is 29.3 Å². The summed E-state index contributed by atoms with van der Waals surface area (Å²) >= 11 is 5.87. The van der Waals surface area contributed by atoms with Crippen molar-refractivity contribution in [1.29, 1.82) is 0 Å². The molecule has 1 unspecified atom stereocenters. The van der Waals surface area contributed by atoms with Crippen molar-refractivity contribution in [1.82, 2.24) is 15.1 Å². The molecule has 160 valence electrons. The van der Waals surface area contributed by atoms with Crippen LogP contribution in [0.1, 0.15) is 39.0 Å². The number of ether oxygens (including phenoxy) is 1. The van der Waals surface area contributed by atoms with E-state index in [0.29, 0.717) is 29.8 Å². The molecule has 0 aromatic heterocycles. The summed E-state index contributed by atoms with van der Waals surface area (Å²) in [5, 5.41) is 3.73. The van der Waals surface area contributed by atoms with Gasteiger partial charge in [0.05, 0.1) is 6.04 Å². The summed E-state index contributed by atoms with van der Waals surface area (Å²) in [6.07, 6.45) is 5.61.